The van der Waals surface area contributed by atoms with E-state index in [4.69, 9.17) is 4.42 Å². The highest BCUT2D eigenvalue weighted by Crippen LogP contribution is 2.33. The van der Waals surface area contributed by atoms with Gasteiger partial charge in [0.1, 0.15) is 10.7 Å². The third-order valence-corrected chi connectivity index (χ3v) is 3.11. The lowest BCUT2D eigenvalue weighted by Crippen LogP contribution is -1.89. The summed E-state index contributed by atoms with van der Waals surface area (Å²) in [4.78, 5) is 9.76. The van der Waals surface area contributed by atoms with Crippen LogP contribution in [0.4, 0.5) is 5.88 Å². The first-order chi connectivity index (χ1) is 7.68. The van der Waals surface area contributed by atoms with Crippen molar-refractivity contribution < 1.29 is 9.34 Å². The quantitative estimate of drug-likeness (QED) is 0.490. The van der Waals surface area contributed by atoms with Crippen molar-refractivity contribution in [1.82, 2.24) is 0 Å². The lowest BCUT2D eigenvalue weighted by Gasteiger charge is -2.05. The molecule has 82 valence electrons. The summed E-state index contributed by atoms with van der Waals surface area (Å²) in [5, 5.41) is 10.5. The van der Waals surface area contributed by atoms with E-state index in [2.05, 4.69) is 15.9 Å². The van der Waals surface area contributed by atoms with E-state index in [1.54, 1.807) is 6.07 Å². The van der Waals surface area contributed by atoms with E-state index in [0.717, 1.165) is 5.56 Å². The van der Waals surface area contributed by atoms with Crippen molar-refractivity contribution in [3.05, 3.63) is 63.9 Å². The first-order valence-electron chi connectivity index (χ1n) is 4.61. The van der Waals surface area contributed by atoms with E-state index in [-0.39, 0.29) is 10.7 Å². The van der Waals surface area contributed by atoms with E-state index in [0.29, 0.717) is 5.76 Å². The SMILES string of the molecule is O=[N+]([O-])c1ccc(C(Br)c2ccccc2)o1. The van der Waals surface area contributed by atoms with Crippen molar-refractivity contribution in [2.45, 2.75) is 4.83 Å². The van der Waals surface area contributed by atoms with Gasteiger partial charge in [-0.3, -0.25) is 10.1 Å². The molecule has 1 atom stereocenters. The van der Waals surface area contributed by atoms with Crippen LogP contribution in [0.1, 0.15) is 16.2 Å². The van der Waals surface area contributed by atoms with E-state index in [1.165, 1.54) is 6.07 Å². The minimum absolute atomic E-state index is 0.164. The molecule has 0 fully saturated rings. The smallest absolute Gasteiger partial charge is 0.404 e. The number of hydrogen-bond acceptors (Lipinski definition) is 3. The van der Waals surface area contributed by atoms with Crippen LogP contribution in [0.3, 0.4) is 0 Å². The van der Waals surface area contributed by atoms with Crippen molar-refractivity contribution in [3.8, 4) is 0 Å². The number of nitro groups is 1. The number of alkyl halides is 1. The molecular formula is C11H8BrNO3. The van der Waals surface area contributed by atoms with Crippen LogP contribution in [0, 0.1) is 10.1 Å². The minimum Gasteiger partial charge on any atom is -0.404 e. The van der Waals surface area contributed by atoms with Crippen molar-refractivity contribution in [1.29, 1.82) is 0 Å². The largest absolute Gasteiger partial charge is 0.433 e. The van der Waals surface area contributed by atoms with Gasteiger partial charge < -0.3 is 4.42 Å². The zero-order valence-corrected chi connectivity index (χ0v) is 9.75. The highest BCUT2D eigenvalue weighted by molar-refractivity contribution is 9.09. The van der Waals surface area contributed by atoms with Gasteiger partial charge in [0.2, 0.25) is 0 Å². The third-order valence-electron chi connectivity index (χ3n) is 2.13. The highest BCUT2D eigenvalue weighted by atomic mass is 79.9. The molecule has 1 unspecified atom stereocenters. The molecule has 0 aliphatic carbocycles. The fraction of sp³-hybridized carbons (Fsp3) is 0.0909. The van der Waals surface area contributed by atoms with Gasteiger partial charge in [-0.25, -0.2) is 0 Å². The molecule has 1 heterocycles. The van der Waals surface area contributed by atoms with Crippen molar-refractivity contribution >= 4 is 21.8 Å². The Morgan fingerprint density at radius 1 is 1.19 bits per heavy atom. The van der Waals surface area contributed by atoms with Gasteiger partial charge in [0.25, 0.3) is 0 Å². The average molecular weight is 282 g/mol. The highest BCUT2D eigenvalue weighted by Gasteiger charge is 2.18. The molecule has 0 bridgehead atoms. The molecule has 0 saturated heterocycles. The van der Waals surface area contributed by atoms with Crippen LogP contribution in [-0.2, 0) is 0 Å². The molecule has 0 aliphatic rings. The average Bonchev–Trinajstić information content (AvgIpc) is 2.78. The predicted octanol–water partition coefficient (Wildman–Crippen LogP) is 3.67. The van der Waals surface area contributed by atoms with Gasteiger partial charge >= 0.3 is 5.88 Å². The van der Waals surface area contributed by atoms with Crippen LogP contribution < -0.4 is 0 Å². The summed E-state index contributed by atoms with van der Waals surface area (Å²) >= 11 is 3.44. The molecule has 2 aromatic rings. The molecular weight excluding hydrogens is 274 g/mol. The monoisotopic (exact) mass is 281 g/mol. The first kappa shape index (κ1) is 10.9. The molecule has 0 N–H and O–H groups in total. The van der Waals surface area contributed by atoms with Crippen molar-refractivity contribution in [2.24, 2.45) is 0 Å². The van der Waals surface area contributed by atoms with Crippen molar-refractivity contribution in [3.63, 3.8) is 0 Å². The molecule has 4 nitrogen and oxygen atoms in total. The van der Waals surface area contributed by atoms with E-state index < -0.39 is 4.92 Å². The van der Waals surface area contributed by atoms with Gasteiger partial charge in [0.15, 0.2) is 0 Å². The topological polar surface area (TPSA) is 56.3 Å². The number of nitrogens with zero attached hydrogens (tertiary/aromatic N) is 1. The second-order valence-corrected chi connectivity index (χ2v) is 4.12. The molecule has 2 rings (SSSR count). The Labute approximate surface area is 100 Å². The number of halogens is 1. The molecule has 0 aliphatic heterocycles. The zero-order valence-electron chi connectivity index (χ0n) is 8.17. The molecule has 1 aromatic heterocycles. The number of hydrogen-bond donors (Lipinski definition) is 0. The summed E-state index contributed by atoms with van der Waals surface area (Å²) in [6.07, 6.45) is 0. The predicted molar refractivity (Wildman–Crippen MR) is 62.6 cm³/mol. The van der Waals surface area contributed by atoms with Gasteiger partial charge in [-0.1, -0.05) is 46.3 Å². The van der Waals surface area contributed by atoms with Gasteiger partial charge in [-0.05, 0) is 11.6 Å². The maximum Gasteiger partial charge on any atom is 0.433 e. The Morgan fingerprint density at radius 3 is 2.44 bits per heavy atom. The molecule has 16 heavy (non-hydrogen) atoms. The second-order valence-electron chi connectivity index (χ2n) is 3.21. The first-order valence-corrected chi connectivity index (χ1v) is 5.53. The Bertz CT molecular complexity index is 495. The Kier molecular flexibility index (Phi) is 3.05. The minimum atomic E-state index is -0.547. The number of rotatable bonds is 3. The molecule has 5 heteroatoms. The maximum absolute atomic E-state index is 10.5. The Balaban J connectivity index is 2.27. The van der Waals surface area contributed by atoms with Crippen LogP contribution in [0.5, 0.6) is 0 Å². The lowest BCUT2D eigenvalue weighted by atomic mass is 10.1. The fourth-order valence-electron chi connectivity index (χ4n) is 1.36. The van der Waals surface area contributed by atoms with Crippen LogP contribution in [0.25, 0.3) is 0 Å². The van der Waals surface area contributed by atoms with Crippen LogP contribution in [-0.4, -0.2) is 4.92 Å². The van der Waals surface area contributed by atoms with Crippen LogP contribution >= 0.6 is 15.9 Å². The van der Waals surface area contributed by atoms with Gasteiger partial charge in [-0.15, -0.1) is 0 Å². The molecule has 0 spiro atoms. The van der Waals surface area contributed by atoms with Gasteiger partial charge in [-0.2, -0.15) is 0 Å². The van der Waals surface area contributed by atoms with Gasteiger partial charge in [0.05, 0.1) is 10.9 Å². The number of furan rings is 1. The Morgan fingerprint density at radius 2 is 1.88 bits per heavy atom. The summed E-state index contributed by atoms with van der Waals surface area (Å²) in [5.41, 5.74) is 0.992. The Hall–Kier alpha value is -1.62. The maximum atomic E-state index is 10.5. The van der Waals surface area contributed by atoms with E-state index >= 15 is 0 Å². The zero-order chi connectivity index (χ0) is 11.5. The van der Waals surface area contributed by atoms with Crippen LogP contribution in [0.15, 0.2) is 46.9 Å². The summed E-state index contributed by atoms with van der Waals surface area (Å²) in [5.74, 6) is 0.285. The third kappa shape index (κ3) is 2.14. The summed E-state index contributed by atoms with van der Waals surface area (Å²) < 4.78 is 5.12. The molecule has 0 amide bonds. The number of benzene rings is 1. The van der Waals surface area contributed by atoms with E-state index in [1.807, 2.05) is 30.3 Å². The normalized spacial score (nSPS) is 12.3. The summed E-state index contributed by atoms with van der Waals surface area (Å²) in [6.45, 7) is 0. The summed E-state index contributed by atoms with van der Waals surface area (Å²) in [6, 6.07) is 12.5. The molecule has 0 saturated carbocycles. The standard InChI is InChI=1S/C11H8BrNO3/c12-11(8-4-2-1-3-5-8)9-6-7-10(16-9)13(14)15/h1-7,11H. The van der Waals surface area contributed by atoms with Crippen LogP contribution in [0.2, 0.25) is 0 Å². The summed E-state index contributed by atoms with van der Waals surface area (Å²) in [7, 11) is 0. The lowest BCUT2D eigenvalue weighted by molar-refractivity contribution is -0.402. The van der Waals surface area contributed by atoms with E-state index in [9.17, 15) is 10.1 Å². The molecule has 1 aromatic carbocycles. The fourth-order valence-corrected chi connectivity index (χ4v) is 1.91. The molecule has 0 radical (unpaired) electrons. The second kappa shape index (κ2) is 4.49. The van der Waals surface area contributed by atoms with Crippen molar-refractivity contribution in [2.75, 3.05) is 0 Å². The van der Waals surface area contributed by atoms with Gasteiger partial charge in [0, 0.05) is 0 Å².